The van der Waals surface area contributed by atoms with Crippen LogP contribution < -0.4 is 68.9 Å². The third-order valence-corrected chi connectivity index (χ3v) is 0. The van der Waals surface area contributed by atoms with Gasteiger partial charge >= 0.3 is 78.6 Å². The standard InChI is InChI=1S/2Na.H2O4S.H3O3P.Zn/c;;1-5(2,3)4;1-4(2)3;/h;;(H2,1,2,3,4);4H,(H2,1,2,3);/q2*+1;;;+2/p-4. The van der Waals surface area contributed by atoms with Crippen LogP contribution in [-0.2, 0) is 34.4 Å². The molecule has 0 spiro atoms. The molecule has 0 rings (SSSR count). The minimum absolute atomic E-state index is 0. The molecule has 0 amide bonds. The van der Waals surface area contributed by atoms with Gasteiger partial charge in [-0.1, -0.05) is 8.25 Å². The summed E-state index contributed by atoms with van der Waals surface area (Å²) in [5.74, 6) is 0. The molecule has 0 aliphatic carbocycles. The van der Waals surface area contributed by atoms with Crippen molar-refractivity contribution in [2.75, 3.05) is 0 Å². The van der Waals surface area contributed by atoms with Gasteiger partial charge in [0.1, 0.15) is 0 Å². The predicted molar refractivity (Wildman–Crippen MR) is 19.5 cm³/mol. The van der Waals surface area contributed by atoms with Gasteiger partial charge in [-0.15, -0.1) is 0 Å². The molecule has 0 radical (unpaired) electrons. The average Bonchev–Trinajstić information content (AvgIpc) is 1.19. The van der Waals surface area contributed by atoms with Crippen molar-refractivity contribution in [1.82, 2.24) is 0 Å². The summed E-state index contributed by atoms with van der Waals surface area (Å²) in [6.45, 7) is 0. The van der Waals surface area contributed by atoms with Gasteiger partial charge in [-0.05, 0) is 0 Å². The summed E-state index contributed by atoms with van der Waals surface area (Å²) in [5, 5.41) is 0. The second-order valence-corrected chi connectivity index (χ2v) is 1.97. The SMILES string of the molecule is O=S(=O)([O-])[O-].O=[PH]([O-])[O-].[Na+].[Na+].[Zn+2]. The zero-order valence-electron chi connectivity index (χ0n) is 6.47. The fourth-order valence-electron chi connectivity index (χ4n) is 0. The minimum Gasteiger partial charge on any atom is -0.813 e. The summed E-state index contributed by atoms with van der Waals surface area (Å²) in [6, 6.07) is 0. The predicted octanol–water partition coefficient (Wildman–Crippen LogP) is -9.24. The fourth-order valence-corrected chi connectivity index (χ4v) is 0. The van der Waals surface area contributed by atoms with Crippen LogP contribution in [0.25, 0.3) is 0 Å². The van der Waals surface area contributed by atoms with Gasteiger partial charge in [0.05, 0.1) is 0 Å². The Hall–Kier alpha value is 2.64. The molecule has 0 aliphatic rings. The van der Waals surface area contributed by atoms with Gasteiger partial charge in [-0.3, -0.25) is 8.42 Å². The largest absolute Gasteiger partial charge is 2.00 e. The molecular weight excluding hydrogens is 286 g/mol. The fraction of sp³-hybridized carbons (Fsp3) is 0. The first-order valence-electron chi connectivity index (χ1n) is 1.28. The van der Waals surface area contributed by atoms with Crippen LogP contribution in [0.3, 0.4) is 0 Å². The Labute approximate surface area is 127 Å². The number of hydrogen-bond donors (Lipinski definition) is 0. The zero-order chi connectivity index (χ0) is 8.08. The van der Waals surface area contributed by atoms with Crippen LogP contribution in [0.5, 0.6) is 0 Å². The van der Waals surface area contributed by atoms with E-state index in [0.717, 1.165) is 0 Å². The summed E-state index contributed by atoms with van der Waals surface area (Å²) in [6.07, 6.45) is 0. The Morgan fingerprint density at radius 3 is 1.00 bits per heavy atom. The summed E-state index contributed by atoms with van der Waals surface area (Å²) in [5.41, 5.74) is 0. The van der Waals surface area contributed by atoms with Gasteiger partial charge in [0.15, 0.2) is 0 Å². The van der Waals surface area contributed by atoms with Crippen LogP contribution in [0.4, 0.5) is 0 Å². The van der Waals surface area contributed by atoms with E-state index in [-0.39, 0.29) is 78.6 Å². The summed E-state index contributed by atoms with van der Waals surface area (Å²) in [4.78, 5) is 17.0. The van der Waals surface area contributed by atoms with Gasteiger partial charge in [-0.2, -0.15) is 0 Å². The molecule has 0 saturated heterocycles. The molecule has 0 atom stereocenters. The Bertz CT molecular complexity index is 164. The Morgan fingerprint density at radius 2 is 1.00 bits per heavy atom. The van der Waals surface area contributed by atoms with Gasteiger partial charge in [-0.25, -0.2) is 0 Å². The molecule has 0 aromatic carbocycles. The van der Waals surface area contributed by atoms with E-state index in [0.29, 0.717) is 0 Å². The van der Waals surface area contributed by atoms with E-state index in [9.17, 15) is 0 Å². The van der Waals surface area contributed by atoms with E-state index < -0.39 is 18.7 Å². The Kier molecular flexibility index (Phi) is 39.3. The van der Waals surface area contributed by atoms with Gasteiger partial charge in [0.2, 0.25) is 0 Å². The van der Waals surface area contributed by atoms with Gasteiger partial charge in [0.25, 0.3) is 0 Å². The molecule has 12 heavy (non-hydrogen) atoms. The van der Waals surface area contributed by atoms with E-state index in [1.807, 2.05) is 0 Å². The van der Waals surface area contributed by atoms with Gasteiger partial charge < -0.3 is 23.5 Å². The van der Waals surface area contributed by atoms with Gasteiger partial charge in [0, 0.05) is 10.4 Å². The molecule has 0 aliphatic heterocycles. The van der Waals surface area contributed by atoms with Crippen LogP contribution in [0.15, 0.2) is 0 Å². The third kappa shape index (κ3) is 245. The van der Waals surface area contributed by atoms with E-state index >= 15 is 0 Å². The monoisotopic (exact) mass is 286 g/mol. The second-order valence-electron chi connectivity index (χ2n) is 0.658. The van der Waals surface area contributed by atoms with E-state index in [1.165, 1.54) is 0 Å². The third-order valence-electron chi connectivity index (χ3n) is 0. The zero-order valence-corrected chi connectivity index (χ0v) is 15.3. The second kappa shape index (κ2) is 16.1. The summed E-state index contributed by atoms with van der Waals surface area (Å²) < 4.78 is 42.6. The molecule has 0 heterocycles. The first kappa shape index (κ1) is 29.3. The summed E-state index contributed by atoms with van der Waals surface area (Å²) >= 11 is 0. The first-order valence-corrected chi connectivity index (χ1v) is 3.84. The quantitative estimate of drug-likeness (QED) is 0.186. The maximum atomic E-state index is 8.52. The molecule has 0 bridgehead atoms. The van der Waals surface area contributed by atoms with Crippen molar-refractivity contribution in [1.29, 1.82) is 0 Å². The van der Waals surface area contributed by atoms with Crippen molar-refractivity contribution < 1.29 is 110 Å². The van der Waals surface area contributed by atoms with E-state index in [2.05, 4.69) is 0 Å². The van der Waals surface area contributed by atoms with E-state index in [4.69, 9.17) is 31.9 Å². The average molecular weight is 287 g/mol. The smallest absolute Gasteiger partial charge is 0.813 e. The maximum Gasteiger partial charge on any atom is 2.00 e. The topological polar surface area (TPSA) is 143 Å². The van der Waals surface area contributed by atoms with Crippen LogP contribution in [0, 0.1) is 0 Å². The number of hydrogen-bond acceptors (Lipinski definition) is 7. The van der Waals surface area contributed by atoms with Crippen molar-refractivity contribution in [2.45, 2.75) is 0 Å². The molecule has 0 unspecified atom stereocenters. The Morgan fingerprint density at radius 1 is 1.00 bits per heavy atom. The molecule has 0 fully saturated rings. The Balaban J connectivity index is -0.0000000221. The van der Waals surface area contributed by atoms with Crippen LogP contribution in [-0.4, -0.2) is 17.5 Å². The molecule has 58 valence electrons. The van der Waals surface area contributed by atoms with E-state index in [1.54, 1.807) is 0 Å². The first-order chi connectivity index (χ1) is 3.73. The molecule has 0 N–H and O–H groups in total. The molecule has 0 aromatic heterocycles. The van der Waals surface area contributed by atoms with Crippen molar-refractivity contribution >= 4 is 18.7 Å². The minimum atomic E-state index is -5.17. The summed E-state index contributed by atoms with van der Waals surface area (Å²) in [7, 11) is -8.80. The van der Waals surface area contributed by atoms with Crippen molar-refractivity contribution in [3.05, 3.63) is 0 Å². The molecule has 12 heteroatoms. The molecule has 7 nitrogen and oxygen atoms in total. The van der Waals surface area contributed by atoms with Crippen molar-refractivity contribution in [3.8, 4) is 0 Å². The van der Waals surface area contributed by atoms with Crippen molar-refractivity contribution in [2.24, 2.45) is 0 Å². The molecule has 0 aromatic rings. The maximum absolute atomic E-state index is 8.52. The van der Waals surface area contributed by atoms with Crippen LogP contribution >= 0.6 is 8.25 Å². The number of rotatable bonds is 0. The normalized spacial score (nSPS) is 7.75. The molecule has 0 saturated carbocycles. The van der Waals surface area contributed by atoms with Crippen molar-refractivity contribution in [3.63, 3.8) is 0 Å². The van der Waals surface area contributed by atoms with Crippen LogP contribution in [0.1, 0.15) is 0 Å². The molecular formula is HNa2O7PSZn. The van der Waals surface area contributed by atoms with Crippen LogP contribution in [0.2, 0.25) is 0 Å².